The van der Waals surface area contributed by atoms with Gasteiger partial charge in [0.1, 0.15) is 5.69 Å². The summed E-state index contributed by atoms with van der Waals surface area (Å²) in [5.74, 6) is -0.291. The SMILES string of the molecule is Cn1nccc1C(=O)N/N=C/c1cccc(Br)c1. The van der Waals surface area contributed by atoms with Crippen LogP contribution in [0.25, 0.3) is 0 Å². The summed E-state index contributed by atoms with van der Waals surface area (Å²) in [4.78, 5) is 11.7. The largest absolute Gasteiger partial charge is 0.289 e. The molecule has 0 aliphatic carbocycles. The Morgan fingerprint density at radius 3 is 3.00 bits per heavy atom. The molecule has 92 valence electrons. The minimum Gasteiger partial charge on any atom is -0.266 e. The van der Waals surface area contributed by atoms with E-state index in [1.807, 2.05) is 24.3 Å². The molecule has 0 aliphatic heterocycles. The molecule has 1 heterocycles. The van der Waals surface area contributed by atoms with Crippen LogP contribution in [-0.2, 0) is 7.05 Å². The van der Waals surface area contributed by atoms with Crippen LogP contribution in [0.4, 0.5) is 0 Å². The summed E-state index contributed by atoms with van der Waals surface area (Å²) in [6.45, 7) is 0. The van der Waals surface area contributed by atoms with Crippen LogP contribution in [0, 0.1) is 0 Å². The molecular formula is C12H11BrN4O. The molecule has 1 aromatic carbocycles. The van der Waals surface area contributed by atoms with E-state index in [9.17, 15) is 4.79 Å². The highest BCUT2D eigenvalue weighted by atomic mass is 79.9. The molecule has 1 N–H and O–H groups in total. The number of carbonyl (C=O) groups is 1. The van der Waals surface area contributed by atoms with E-state index < -0.39 is 0 Å². The maximum atomic E-state index is 11.7. The van der Waals surface area contributed by atoms with E-state index in [2.05, 4.69) is 31.6 Å². The van der Waals surface area contributed by atoms with Gasteiger partial charge in [-0.3, -0.25) is 9.48 Å². The van der Waals surface area contributed by atoms with Crippen LogP contribution in [-0.4, -0.2) is 21.9 Å². The van der Waals surface area contributed by atoms with Gasteiger partial charge in [0.25, 0.3) is 5.91 Å². The Labute approximate surface area is 113 Å². The van der Waals surface area contributed by atoms with Crippen molar-refractivity contribution in [2.24, 2.45) is 12.1 Å². The van der Waals surface area contributed by atoms with Gasteiger partial charge in [-0.15, -0.1) is 0 Å². The number of rotatable bonds is 3. The van der Waals surface area contributed by atoms with Crippen LogP contribution < -0.4 is 5.43 Å². The standard InChI is InChI=1S/C12H11BrN4O/c1-17-11(5-6-15-17)12(18)16-14-8-9-3-2-4-10(13)7-9/h2-8H,1H3,(H,16,18)/b14-8+. The summed E-state index contributed by atoms with van der Waals surface area (Å²) in [6.07, 6.45) is 3.14. The van der Waals surface area contributed by atoms with Crippen LogP contribution in [0.1, 0.15) is 16.1 Å². The lowest BCUT2D eigenvalue weighted by molar-refractivity contribution is 0.0946. The van der Waals surface area contributed by atoms with Crippen molar-refractivity contribution in [1.29, 1.82) is 0 Å². The highest BCUT2D eigenvalue weighted by Crippen LogP contribution is 2.09. The zero-order valence-corrected chi connectivity index (χ0v) is 11.3. The molecule has 5 nitrogen and oxygen atoms in total. The summed E-state index contributed by atoms with van der Waals surface area (Å²) in [5.41, 5.74) is 3.81. The second-order valence-electron chi connectivity index (χ2n) is 3.59. The number of halogens is 1. The Morgan fingerprint density at radius 1 is 1.50 bits per heavy atom. The number of carbonyl (C=O) groups excluding carboxylic acids is 1. The molecule has 0 saturated heterocycles. The van der Waals surface area contributed by atoms with Gasteiger partial charge in [0.05, 0.1) is 6.21 Å². The molecule has 0 bridgehead atoms. The third-order valence-corrected chi connectivity index (χ3v) is 2.78. The van der Waals surface area contributed by atoms with E-state index in [1.54, 1.807) is 25.5 Å². The zero-order chi connectivity index (χ0) is 13.0. The van der Waals surface area contributed by atoms with E-state index in [4.69, 9.17) is 0 Å². The predicted molar refractivity (Wildman–Crippen MR) is 72.4 cm³/mol. The number of nitrogens with zero attached hydrogens (tertiary/aromatic N) is 3. The van der Waals surface area contributed by atoms with Gasteiger partial charge in [0.2, 0.25) is 0 Å². The Balaban J connectivity index is 2.00. The first-order chi connectivity index (χ1) is 8.66. The third kappa shape index (κ3) is 3.04. The molecule has 6 heteroatoms. The number of amides is 1. The van der Waals surface area contributed by atoms with Gasteiger partial charge in [-0.25, -0.2) is 5.43 Å². The third-order valence-electron chi connectivity index (χ3n) is 2.28. The van der Waals surface area contributed by atoms with Crippen molar-refractivity contribution < 1.29 is 4.79 Å². The Hall–Kier alpha value is -1.95. The van der Waals surface area contributed by atoms with Gasteiger partial charge in [-0.05, 0) is 23.8 Å². The van der Waals surface area contributed by atoms with Crippen molar-refractivity contribution in [3.63, 3.8) is 0 Å². The zero-order valence-electron chi connectivity index (χ0n) is 9.67. The summed E-state index contributed by atoms with van der Waals surface area (Å²) in [6, 6.07) is 9.24. The fourth-order valence-electron chi connectivity index (χ4n) is 1.41. The van der Waals surface area contributed by atoms with Crippen molar-refractivity contribution in [3.05, 3.63) is 52.3 Å². The fourth-order valence-corrected chi connectivity index (χ4v) is 1.82. The summed E-state index contributed by atoms with van der Waals surface area (Å²) in [5, 5.41) is 7.81. The van der Waals surface area contributed by atoms with Gasteiger partial charge in [-0.2, -0.15) is 10.2 Å². The second kappa shape index (κ2) is 5.59. The van der Waals surface area contributed by atoms with Crippen LogP contribution in [0.15, 0.2) is 46.1 Å². The summed E-state index contributed by atoms with van der Waals surface area (Å²) < 4.78 is 2.45. The number of hydrogen-bond acceptors (Lipinski definition) is 3. The van der Waals surface area contributed by atoms with Gasteiger partial charge in [0.15, 0.2) is 0 Å². The second-order valence-corrected chi connectivity index (χ2v) is 4.51. The minimum atomic E-state index is -0.291. The highest BCUT2D eigenvalue weighted by Gasteiger charge is 2.07. The van der Waals surface area contributed by atoms with E-state index >= 15 is 0 Å². The normalized spacial score (nSPS) is 10.8. The fraction of sp³-hybridized carbons (Fsp3) is 0.0833. The van der Waals surface area contributed by atoms with Gasteiger partial charge >= 0.3 is 0 Å². The smallest absolute Gasteiger partial charge is 0.266 e. The number of benzene rings is 1. The topological polar surface area (TPSA) is 59.3 Å². The molecule has 2 rings (SSSR count). The van der Waals surface area contributed by atoms with E-state index in [0.717, 1.165) is 10.0 Å². The molecule has 0 atom stereocenters. The van der Waals surface area contributed by atoms with Crippen molar-refractivity contribution in [2.45, 2.75) is 0 Å². The number of nitrogens with one attached hydrogen (secondary N) is 1. The van der Waals surface area contributed by atoms with Gasteiger partial charge < -0.3 is 0 Å². The van der Waals surface area contributed by atoms with Crippen molar-refractivity contribution >= 4 is 28.1 Å². The van der Waals surface area contributed by atoms with Crippen LogP contribution in [0.5, 0.6) is 0 Å². The van der Waals surface area contributed by atoms with Crippen molar-refractivity contribution in [2.75, 3.05) is 0 Å². The van der Waals surface area contributed by atoms with E-state index in [1.165, 1.54) is 4.68 Å². The predicted octanol–water partition coefficient (Wildman–Crippen LogP) is 1.95. The number of hydrogen-bond donors (Lipinski definition) is 1. The average Bonchev–Trinajstić information content (AvgIpc) is 2.75. The van der Waals surface area contributed by atoms with Crippen LogP contribution in [0.3, 0.4) is 0 Å². The lowest BCUT2D eigenvalue weighted by Gasteiger charge is -1.99. The molecule has 2 aromatic rings. The first-order valence-corrected chi connectivity index (χ1v) is 6.03. The molecule has 0 unspecified atom stereocenters. The van der Waals surface area contributed by atoms with Gasteiger partial charge in [0, 0.05) is 17.7 Å². The number of aryl methyl sites for hydroxylation is 1. The highest BCUT2D eigenvalue weighted by molar-refractivity contribution is 9.10. The van der Waals surface area contributed by atoms with E-state index in [0.29, 0.717) is 5.69 Å². The molecule has 0 fully saturated rings. The molecule has 1 amide bonds. The molecule has 0 radical (unpaired) electrons. The minimum absolute atomic E-state index is 0.291. The first kappa shape index (κ1) is 12.5. The molecule has 0 saturated carbocycles. The summed E-state index contributed by atoms with van der Waals surface area (Å²) >= 11 is 3.36. The van der Waals surface area contributed by atoms with Crippen molar-refractivity contribution in [3.8, 4) is 0 Å². The Morgan fingerprint density at radius 2 is 2.33 bits per heavy atom. The molecule has 0 aliphatic rings. The Kier molecular flexibility index (Phi) is 3.88. The lowest BCUT2D eigenvalue weighted by atomic mass is 10.2. The number of hydrazone groups is 1. The first-order valence-electron chi connectivity index (χ1n) is 5.24. The van der Waals surface area contributed by atoms with Crippen molar-refractivity contribution in [1.82, 2.24) is 15.2 Å². The Bertz CT molecular complexity index is 591. The average molecular weight is 307 g/mol. The molecule has 18 heavy (non-hydrogen) atoms. The van der Waals surface area contributed by atoms with Crippen LogP contribution >= 0.6 is 15.9 Å². The molecule has 0 spiro atoms. The maximum Gasteiger partial charge on any atom is 0.289 e. The van der Waals surface area contributed by atoms with Gasteiger partial charge in [-0.1, -0.05) is 28.1 Å². The maximum absolute atomic E-state index is 11.7. The molecular weight excluding hydrogens is 296 g/mol. The lowest BCUT2D eigenvalue weighted by Crippen LogP contribution is -2.20. The van der Waals surface area contributed by atoms with E-state index in [-0.39, 0.29) is 5.91 Å². The monoisotopic (exact) mass is 306 g/mol. The number of aromatic nitrogens is 2. The van der Waals surface area contributed by atoms with Crippen LogP contribution in [0.2, 0.25) is 0 Å². The quantitative estimate of drug-likeness (QED) is 0.696. The molecule has 1 aromatic heterocycles. The summed E-state index contributed by atoms with van der Waals surface area (Å²) in [7, 11) is 1.70.